The van der Waals surface area contributed by atoms with E-state index >= 15 is 0 Å². The predicted octanol–water partition coefficient (Wildman–Crippen LogP) is 3.64. The fourth-order valence-electron chi connectivity index (χ4n) is 2.25. The van der Waals surface area contributed by atoms with E-state index in [0.29, 0.717) is 12.5 Å². The lowest BCUT2D eigenvalue weighted by Gasteiger charge is -2.23. The average Bonchev–Trinajstić information content (AvgIpc) is 2.50. The highest BCUT2D eigenvalue weighted by molar-refractivity contribution is 14.0. The van der Waals surface area contributed by atoms with E-state index in [1.54, 1.807) is 0 Å². The Balaban J connectivity index is 0.00000264. The first-order valence-corrected chi connectivity index (χ1v) is 7.41. The number of halogens is 1. The molecule has 0 radical (unpaired) electrons. The highest BCUT2D eigenvalue weighted by Gasteiger charge is 2.13. The number of hydrogen-bond donors (Lipinski definition) is 2. The molecule has 2 aromatic carbocycles. The lowest BCUT2D eigenvalue weighted by atomic mass is 10.1. The second-order valence-electron chi connectivity index (χ2n) is 5.61. The number of anilines is 1. The van der Waals surface area contributed by atoms with Crippen molar-refractivity contribution >= 4 is 35.6 Å². The van der Waals surface area contributed by atoms with Gasteiger partial charge in [0.05, 0.1) is 12.6 Å². The highest BCUT2D eigenvalue weighted by Crippen LogP contribution is 2.18. The summed E-state index contributed by atoms with van der Waals surface area (Å²) in [5, 5.41) is 3.12. The van der Waals surface area contributed by atoms with Crippen LogP contribution < -0.4 is 11.1 Å². The van der Waals surface area contributed by atoms with Gasteiger partial charge in [-0.05, 0) is 38.7 Å². The summed E-state index contributed by atoms with van der Waals surface area (Å²) in [6.45, 7) is 2.67. The maximum absolute atomic E-state index is 5.99. The van der Waals surface area contributed by atoms with Crippen molar-refractivity contribution in [3.8, 4) is 0 Å². The third-order valence-electron chi connectivity index (χ3n) is 3.57. The molecule has 4 nitrogen and oxygen atoms in total. The Labute approximate surface area is 155 Å². The third-order valence-corrected chi connectivity index (χ3v) is 3.57. The molecule has 3 N–H and O–H groups in total. The van der Waals surface area contributed by atoms with Crippen LogP contribution >= 0.6 is 24.0 Å². The zero-order valence-electron chi connectivity index (χ0n) is 13.9. The van der Waals surface area contributed by atoms with Gasteiger partial charge in [0.1, 0.15) is 0 Å². The average molecular weight is 424 g/mol. The summed E-state index contributed by atoms with van der Waals surface area (Å²) in [5.41, 5.74) is 9.40. The second kappa shape index (κ2) is 9.52. The van der Waals surface area contributed by atoms with Gasteiger partial charge in [0, 0.05) is 5.69 Å². The van der Waals surface area contributed by atoms with Crippen molar-refractivity contribution in [2.45, 2.75) is 13.0 Å². The predicted molar refractivity (Wildman–Crippen MR) is 110 cm³/mol. The zero-order valence-corrected chi connectivity index (χ0v) is 16.2. The summed E-state index contributed by atoms with van der Waals surface area (Å²) in [7, 11) is 4.10. The van der Waals surface area contributed by atoms with E-state index in [2.05, 4.69) is 48.4 Å². The minimum Gasteiger partial charge on any atom is -0.370 e. The van der Waals surface area contributed by atoms with Crippen LogP contribution in [0.4, 0.5) is 5.69 Å². The van der Waals surface area contributed by atoms with Gasteiger partial charge in [-0.25, -0.2) is 0 Å². The van der Waals surface area contributed by atoms with Crippen molar-refractivity contribution in [1.82, 2.24) is 4.90 Å². The van der Waals surface area contributed by atoms with Crippen LogP contribution in [0.1, 0.15) is 17.2 Å². The van der Waals surface area contributed by atoms with Gasteiger partial charge in [-0.1, -0.05) is 48.0 Å². The van der Waals surface area contributed by atoms with Gasteiger partial charge in [-0.15, -0.1) is 24.0 Å². The molecule has 0 saturated heterocycles. The largest absolute Gasteiger partial charge is 0.370 e. The Morgan fingerprint density at radius 3 is 2.26 bits per heavy atom. The zero-order chi connectivity index (χ0) is 15.9. The molecular formula is C18H25IN4. The van der Waals surface area contributed by atoms with Gasteiger partial charge in [0.2, 0.25) is 0 Å². The quantitative estimate of drug-likeness (QED) is 0.438. The minimum absolute atomic E-state index is 0. The van der Waals surface area contributed by atoms with E-state index in [1.807, 2.05) is 42.5 Å². The van der Waals surface area contributed by atoms with Crippen LogP contribution in [0.5, 0.6) is 0 Å². The number of likely N-dealkylation sites (N-methyl/N-ethyl adjacent to an activating group) is 1. The first-order valence-electron chi connectivity index (χ1n) is 7.41. The summed E-state index contributed by atoms with van der Waals surface area (Å²) < 4.78 is 0. The molecule has 1 atom stereocenters. The first kappa shape index (κ1) is 19.4. The number of guanidine groups is 1. The second-order valence-corrected chi connectivity index (χ2v) is 5.61. The van der Waals surface area contributed by atoms with Crippen molar-refractivity contribution < 1.29 is 0 Å². The summed E-state index contributed by atoms with van der Waals surface area (Å²) in [4.78, 5) is 6.63. The fourth-order valence-corrected chi connectivity index (χ4v) is 2.25. The van der Waals surface area contributed by atoms with E-state index in [1.165, 1.54) is 11.1 Å². The van der Waals surface area contributed by atoms with Gasteiger partial charge in [0.15, 0.2) is 5.96 Å². The number of hydrogen-bond acceptors (Lipinski definition) is 2. The summed E-state index contributed by atoms with van der Waals surface area (Å²) in [5.74, 6) is 0.437. The fraction of sp³-hybridized carbons (Fsp3) is 0.278. The number of aryl methyl sites for hydroxylation is 1. The summed E-state index contributed by atoms with van der Waals surface area (Å²) in [6.07, 6.45) is 0. The van der Waals surface area contributed by atoms with Crippen molar-refractivity contribution in [3.05, 3.63) is 65.7 Å². The molecule has 0 saturated carbocycles. The first-order chi connectivity index (χ1) is 10.6. The van der Waals surface area contributed by atoms with Crippen LogP contribution in [0.3, 0.4) is 0 Å². The van der Waals surface area contributed by atoms with Gasteiger partial charge >= 0.3 is 0 Å². The molecule has 0 aliphatic heterocycles. The molecule has 5 heteroatoms. The lowest BCUT2D eigenvalue weighted by Crippen LogP contribution is -2.27. The van der Waals surface area contributed by atoms with E-state index in [-0.39, 0.29) is 30.0 Å². The molecule has 0 aliphatic carbocycles. The van der Waals surface area contributed by atoms with Crippen molar-refractivity contribution in [2.24, 2.45) is 10.7 Å². The molecule has 0 fully saturated rings. The topological polar surface area (TPSA) is 53.6 Å². The number of benzene rings is 2. The van der Waals surface area contributed by atoms with Crippen LogP contribution in [0, 0.1) is 6.92 Å². The van der Waals surface area contributed by atoms with Crippen LogP contribution in [-0.4, -0.2) is 31.5 Å². The number of aliphatic imine (C=N–C) groups is 1. The van der Waals surface area contributed by atoms with Crippen LogP contribution in [0.2, 0.25) is 0 Å². The molecule has 0 aromatic heterocycles. The summed E-state index contributed by atoms with van der Waals surface area (Å²) in [6, 6.07) is 18.6. The van der Waals surface area contributed by atoms with Crippen molar-refractivity contribution in [2.75, 3.05) is 26.0 Å². The Bertz CT molecular complexity index is 609. The normalized spacial score (nSPS) is 12.6. The van der Waals surface area contributed by atoms with Gasteiger partial charge in [-0.3, -0.25) is 4.99 Å². The van der Waals surface area contributed by atoms with Gasteiger partial charge < -0.3 is 16.0 Å². The standard InChI is InChI=1S/C18H24N4.HI/c1-14-9-11-16(12-10-14)21-18(19)20-13-17(22(2)3)15-7-5-4-6-8-15;/h4-12,17H,13H2,1-3H3,(H3,19,20,21);1H. The van der Waals surface area contributed by atoms with Crippen LogP contribution in [0.15, 0.2) is 59.6 Å². The van der Waals surface area contributed by atoms with Crippen LogP contribution in [0.25, 0.3) is 0 Å². The molecular weight excluding hydrogens is 399 g/mol. The van der Waals surface area contributed by atoms with Crippen molar-refractivity contribution in [1.29, 1.82) is 0 Å². The molecule has 0 heterocycles. The monoisotopic (exact) mass is 424 g/mol. The Kier molecular flexibility index (Phi) is 8.05. The third kappa shape index (κ3) is 6.19. The van der Waals surface area contributed by atoms with E-state index in [4.69, 9.17) is 5.73 Å². The maximum atomic E-state index is 5.99. The smallest absolute Gasteiger partial charge is 0.193 e. The minimum atomic E-state index is 0. The van der Waals surface area contributed by atoms with Gasteiger partial charge in [-0.2, -0.15) is 0 Å². The van der Waals surface area contributed by atoms with Crippen molar-refractivity contribution in [3.63, 3.8) is 0 Å². The van der Waals surface area contributed by atoms with Crippen LogP contribution in [-0.2, 0) is 0 Å². The molecule has 1 unspecified atom stereocenters. The van der Waals surface area contributed by atoms with E-state index in [0.717, 1.165) is 5.69 Å². The number of nitrogens with one attached hydrogen (secondary N) is 1. The number of nitrogens with two attached hydrogens (primary N) is 1. The maximum Gasteiger partial charge on any atom is 0.193 e. The van der Waals surface area contributed by atoms with Gasteiger partial charge in [0.25, 0.3) is 0 Å². The van der Waals surface area contributed by atoms with E-state index < -0.39 is 0 Å². The molecule has 0 bridgehead atoms. The Morgan fingerprint density at radius 1 is 1.09 bits per heavy atom. The molecule has 0 aliphatic rings. The number of nitrogens with zero attached hydrogens (tertiary/aromatic N) is 2. The molecule has 23 heavy (non-hydrogen) atoms. The molecule has 2 aromatic rings. The highest BCUT2D eigenvalue weighted by atomic mass is 127. The molecule has 2 rings (SSSR count). The number of rotatable bonds is 5. The SMILES string of the molecule is Cc1ccc(NC(N)=NCC(c2ccccc2)N(C)C)cc1.I. The molecule has 0 spiro atoms. The lowest BCUT2D eigenvalue weighted by molar-refractivity contribution is 0.306. The Hall–Kier alpha value is -1.60. The Morgan fingerprint density at radius 2 is 1.70 bits per heavy atom. The molecule has 124 valence electrons. The molecule has 0 amide bonds. The summed E-state index contributed by atoms with van der Waals surface area (Å²) >= 11 is 0. The van der Waals surface area contributed by atoms with E-state index in [9.17, 15) is 0 Å².